The van der Waals surface area contributed by atoms with E-state index in [9.17, 15) is 4.79 Å². The third kappa shape index (κ3) is 3.42. The van der Waals surface area contributed by atoms with Crippen molar-refractivity contribution < 1.29 is 19.0 Å². The van der Waals surface area contributed by atoms with E-state index in [-0.39, 0.29) is 25.0 Å². The van der Waals surface area contributed by atoms with Crippen molar-refractivity contribution in [2.45, 2.75) is 39.0 Å². The number of nitrogens with zero attached hydrogens (tertiary/aromatic N) is 1. The van der Waals surface area contributed by atoms with Crippen LogP contribution in [0.3, 0.4) is 0 Å². The maximum atomic E-state index is 12.4. The number of hydrogen-bond acceptors (Lipinski definition) is 5. The second kappa shape index (κ2) is 6.86. The zero-order chi connectivity index (χ0) is 17.3. The van der Waals surface area contributed by atoms with Gasteiger partial charge in [0, 0.05) is 38.0 Å². The van der Waals surface area contributed by atoms with Gasteiger partial charge in [-0.3, -0.25) is 4.90 Å². The van der Waals surface area contributed by atoms with Crippen LogP contribution in [0.5, 0.6) is 11.5 Å². The molecule has 3 rings (SSSR count). The third-order valence-electron chi connectivity index (χ3n) is 4.61. The highest BCUT2D eigenvalue weighted by molar-refractivity contribution is 5.91. The first kappa shape index (κ1) is 16.9. The Balaban J connectivity index is 1.63. The molecule has 1 saturated heterocycles. The molecule has 0 radical (unpaired) electrons. The normalized spacial score (nSPS) is 22.9. The summed E-state index contributed by atoms with van der Waals surface area (Å²) in [4.78, 5) is 14.7. The van der Waals surface area contributed by atoms with Crippen LogP contribution in [-0.4, -0.2) is 56.1 Å². The molecule has 2 heterocycles. The Labute approximate surface area is 142 Å². The van der Waals surface area contributed by atoms with E-state index in [0.29, 0.717) is 23.2 Å². The number of nitrogens with one attached hydrogen (secondary N) is 2. The van der Waals surface area contributed by atoms with Gasteiger partial charge in [-0.25, -0.2) is 4.79 Å². The van der Waals surface area contributed by atoms with Gasteiger partial charge in [0.05, 0.1) is 12.1 Å². The third-order valence-corrected chi connectivity index (χ3v) is 4.61. The number of aryl methyl sites for hydroxylation is 1. The Morgan fingerprint density at radius 2 is 2.00 bits per heavy atom. The van der Waals surface area contributed by atoms with E-state index >= 15 is 0 Å². The smallest absolute Gasteiger partial charge is 0.319 e. The van der Waals surface area contributed by atoms with Gasteiger partial charge < -0.3 is 24.8 Å². The number of urea groups is 1. The first-order chi connectivity index (χ1) is 11.5. The van der Waals surface area contributed by atoms with Crippen LogP contribution in [0.25, 0.3) is 0 Å². The zero-order valence-corrected chi connectivity index (χ0v) is 14.6. The van der Waals surface area contributed by atoms with E-state index in [2.05, 4.69) is 29.4 Å². The van der Waals surface area contributed by atoms with Crippen molar-refractivity contribution in [3.8, 4) is 11.5 Å². The quantitative estimate of drug-likeness (QED) is 0.880. The molecule has 0 unspecified atom stereocenters. The van der Waals surface area contributed by atoms with Gasteiger partial charge in [-0.2, -0.15) is 0 Å². The Hall–Kier alpha value is -1.99. The fraction of sp³-hybridized carbons (Fsp3) is 0.588. The molecule has 24 heavy (non-hydrogen) atoms. The number of amides is 2. The lowest BCUT2D eigenvalue weighted by Crippen LogP contribution is -2.45. The fourth-order valence-electron chi connectivity index (χ4n) is 3.11. The molecule has 0 bridgehead atoms. The molecule has 0 spiro atoms. The summed E-state index contributed by atoms with van der Waals surface area (Å²) in [6.07, 6.45) is -0.00370. The van der Waals surface area contributed by atoms with E-state index in [1.54, 1.807) is 13.2 Å². The topological polar surface area (TPSA) is 72.1 Å². The van der Waals surface area contributed by atoms with Crippen molar-refractivity contribution in [3.63, 3.8) is 0 Å². The number of benzene rings is 1. The number of anilines is 1. The summed E-state index contributed by atoms with van der Waals surface area (Å²) < 4.78 is 16.2. The lowest BCUT2D eigenvalue weighted by Gasteiger charge is -2.20. The predicted molar refractivity (Wildman–Crippen MR) is 90.8 cm³/mol. The molecule has 1 fully saturated rings. The summed E-state index contributed by atoms with van der Waals surface area (Å²) >= 11 is 0. The Morgan fingerprint density at radius 1 is 1.29 bits per heavy atom. The van der Waals surface area contributed by atoms with Gasteiger partial charge in [-0.15, -0.1) is 0 Å². The Kier molecular flexibility index (Phi) is 4.82. The van der Waals surface area contributed by atoms with Gasteiger partial charge in [0.2, 0.25) is 6.79 Å². The first-order valence-electron chi connectivity index (χ1n) is 8.22. The van der Waals surface area contributed by atoms with Crippen LogP contribution in [0.15, 0.2) is 12.1 Å². The molecule has 2 aliphatic heterocycles. The van der Waals surface area contributed by atoms with Gasteiger partial charge in [-0.05, 0) is 32.4 Å². The monoisotopic (exact) mass is 335 g/mol. The molecule has 0 saturated carbocycles. The van der Waals surface area contributed by atoms with E-state index in [1.165, 1.54) is 0 Å². The van der Waals surface area contributed by atoms with Crippen LogP contribution in [0, 0.1) is 6.92 Å². The molecule has 1 aromatic carbocycles. The van der Waals surface area contributed by atoms with Crippen LogP contribution < -0.4 is 20.1 Å². The van der Waals surface area contributed by atoms with E-state index < -0.39 is 0 Å². The van der Waals surface area contributed by atoms with Gasteiger partial charge in [-0.1, -0.05) is 0 Å². The average Bonchev–Trinajstić information content (AvgIpc) is 3.13. The van der Waals surface area contributed by atoms with Gasteiger partial charge >= 0.3 is 6.03 Å². The van der Waals surface area contributed by atoms with Crippen LogP contribution in [0.2, 0.25) is 0 Å². The van der Waals surface area contributed by atoms with E-state index in [0.717, 1.165) is 18.7 Å². The van der Waals surface area contributed by atoms with Gasteiger partial charge in [0.1, 0.15) is 0 Å². The molecule has 132 valence electrons. The number of hydrogen-bond donors (Lipinski definition) is 2. The number of fused-ring (bicyclic) bond motifs is 1. The van der Waals surface area contributed by atoms with Crippen LogP contribution in [0.4, 0.5) is 10.5 Å². The summed E-state index contributed by atoms with van der Waals surface area (Å²) in [5.41, 5.74) is 1.64. The fourth-order valence-corrected chi connectivity index (χ4v) is 3.11. The molecule has 2 amide bonds. The van der Waals surface area contributed by atoms with Crippen molar-refractivity contribution in [3.05, 3.63) is 17.7 Å². The maximum absolute atomic E-state index is 12.4. The molecule has 0 aliphatic carbocycles. The summed E-state index contributed by atoms with van der Waals surface area (Å²) in [6, 6.07) is 3.81. The Bertz CT molecular complexity index is 620. The minimum Gasteiger partial charge on any atom is -0.454 e. The number of carbonyl (C=O) groups is 1. The number of likely N-dealkylation sites (tertiary alicyclic amines) is 1. The maximum Gasteiger partial charge on any atom is 0.319 e. The van der Waals surface area contributed by atoms with Crippen LogP contribution >= 0.6 is 0 Å². The van der Waals surface area contributed by atoms with Crippen molar-refractivity contribution in [2.24, 2.45) is 0 Å². The molecule has 7 heteroatoms. The largest absolute Gasteiger partial charge is 0.454 e. The minimum atomic E-state index is -0.241. The molecule has 2 aliphatic rings. The van der Waals surface area contributed by atoms with E-state index in [4.69, 9.17) is 14.2 Å². The molecular formula is C17H25N3O4. The van der Waals surface area contributed by atoms with E-state index in [1.807, 2.05) is 13.0 Å². The second-order valence-corrected chi connectivity index (χ2v) is 6.55. The highest BCUT2D eigenvalue weighted by Gasteiger charge is 2.35. The van der Waals surface area contributed by atoms with Crippen molar-refractivity contribution in [1.82, 2.24) is 10.2 Å². The lowest BCUT2D eigenvalue weighted by molar-refractivity contribution is 0.0896. The molecule has 2 N–H and O–H groups in total. The minimum absolute atomic E-state index is 0.00370. The highest BCUT2D eigenvalue weighted by Crippen LogP contribution is 2.36. The average molecular weight is 335 g/mol. The predicted octanol–water partition coefficient (Wildman–Crippen LogP) is 1.95. The molecule has 0 aromatic heterocycles. The molecular weight excluding hydrogens is 310 g/mol. The Morgan fingerprint density at radius 3 is 2.67 bits per heavy atom. The molecule has 2 atom stereocenters. The summed E-state index contributed by atoms with van der Waals surface area (Å²) in [5, 5.41) is 5.92. The lowest BCUT2D eigenvalue weighted by atomic mass is 10.1. The molecule has 7 nitrogen and oxygen atoms in total. The van der Waals surface area contributed by atoms with Gasteiger partial charge in [0.25, 0.3) is 0 Å². The SMILES string of the molecule is CO[C@H]1CN(C(C)C)C[C@@H]1NC(=O)Nc1cc2c(cc1C)OCO2. The van der Waals surface area contributed by atoms with Crippen LogP contribution in [0.1, 0.15) is 19.4 Å². The highest BCUT2D eigenvalue weighted by atomic mass is 16.7. The standard InChI is InChI=1S/C17H25N3O4/c1-10(2)20-7-13(16(8-20)22-4)19-17(21)18-12-6-15-14(5-11(12)3)23-9-24-15/h5-6,10,13,16H,7-9H2,1-4H3,(H2,18,19,21)/t13-,16-/m0/s1. The van der Waals surface area contributed by atoms with Crippen molar-refractivity contribution in [1.29, 1.82) is 0 Å². The van der Waals surface area contributed by atoms with Gasteiger partial charge in [0.15, 0.2) is 11.5 Å². The number of carbonyl (C=O) groups excluding carboxylic acids is 1. The first-order valence-corrected chi connectivity index (χ1v) is 8.22. The number of methoxy groups -OCH3 is 1. The molecule has 1 aromatic rings. The van der Waals surface area contributed by atoms with Crippen molar-refractivity contribution in [2.75, 3.05) is 32.3 Å². The number of ether oxygens (including phenoxy) is 3. The summed E-state index contributed by atoms with van der Waals surface area (Å²) in [5.74, 6) is 1.36. The summed E-state index contributed by atoms with van der Waals surface area (Å²) in [6.45, 7) is 8.03. The number of rotatable bonds is 4. The van der Waals surface area contributed by atoms with Crippen molar-refractivity contribution >= 4 is 11.7 Å². The summed E-state index contributed by atoms with van der Waals surface area (Å²) in [7, 11) is 1.68. The second-order valence-electron chi connectivity index (χ2n) is 6.55. The van der Waals surface area contributed by atoms with Crippen LogP contribution in [-0.2, 0) is 4.74 Å². The zero-order valence-electron chi connectivity index (χ0n) is 14.6.